The van der Waals surface area contributed by atoms with Crippen LogP contribution < -0.4 is 14.8 Å². The van der Waals surface area contributed by atoms with E-state index in [1.165, 1.54) is 26.0 Å². The normalized spacial score (nSPS) is 11.0. The lowest BCUT2D eigenvalue weighted by atomic mass is 10.2. The Hall–Kier alpha value is -3.33. The van der Waals surface area contributed by atoms with Crippen LogP contribution in [-0.4, -0.2) is 45.6 Å². The van der Waals surface area contributed by atoms with Crippen molar-refractivity contribution in [3.63, 3.8) is 0 Å². The Bertz CT molecular complexity index is 1190. The fourth-order valence-electron chi connectivity index (χ4n) is 3.13. The fraction of sp³-hybridized carbons (Fsp3) is 0.200. The van der Waals surface area contributed by atoms with Crippen LogP contribution in [0.2, 0.25) is 0 Å². The Balaban J connectivity index is 1.52. The van der Waals surface area contributed by atoms with E-state index < -0.39 is 0 Å². The van der Waals surface area contributed by atoms with E-state index in [0.717, 1.165) is 22.1 Å². The van der Waals surface area contributed by atoms with Gasteiger partial charge in [0.1, 0.15) is 22.7 Å². The van der Waals surface area contributed by atoms with Gasteiger partial charge in [-0.3, -0.25) is 4.79 Å². The second-order valence-electron chi connectivity index (χ2n) is 6.22. The molecule has 0 aliphatic rings. The van der Waals surface area contributed by atoms with Crippen LogP contribution in [-0.2, 0) is 11.8 Å². The van der Waals surface area contributed by atoms with E-state index in [0.29, 0.717) is 22.3 Å². The highest BCUT2D eigenvalue weighted by Gasteiger charge is 2.16. The lowest BCUT2D eigenvalue weighted by molar-refractivity contribution is -0.113. The summed E-state index contributed by atoms with van der Waals surface area (Å²) in [6.45, 7) is 0. The van der Waals surface area contributed by atoms with Crippen LogP contribution in [0.25, 0.3) is 22.1 Å². The van der Waals surface area contributed by atoms with E-state index in [2.05, 4.69) is 20.5 Å². The molecule has 148 valence electrons. The number of carbonyl (C=O) groups excluding carboxylic acids is 1. The van der Waals surface area contributed by atoms with Crippen molar-refractivity contribution in [2.75, 3.05) is 25.3 Å². The van der Waals surface area contributed by atoms with Gasteiger partial charge in [-0.25, -0.2) is 4.98 Å². The number of nitrogens with one attached hydrogen (secondary N) is 1. The molecule has 0 bridgehead atoms. The van der Waals surface area contributed by atoms with E-state index in [4.69, 9.17) is 9.47 Å². The first-order valence-corrected chi connectivity index (χ1v) is 9.82. The molecule has 0 fully saturated rings. The van der Waals surface area contributed by atoms with E-state index >= 15 is 0 Å². The van der Waals surface area contributed by atoms with Gasteiger partial charge in [-0.15, -0.1) is 10.2 Å². The maximum Gasteiger partial charge on any atom is 0.235 e. The third kappa shape index (κ3) is 3.56. The van der Waals surface area contributed by atoms with Crippen molar-refractivity contribution < 1.29 is 14.3 Å². The maximum atomic E-state index is 12.5. The third-order valence-electron chi connectivity index (χ3n) is 4.51. The number of nitrogens with zero attached hydrogens (tertiary/aromatic N) is 4. The number of thioether (sulfide) groups is 1. The van der Waals surface area contributed by atoms with Gasteiger partial charge in [-0.1, -0.05) is 36.0 Å². The van der Waals surface area contributed by atoms with E-state index in [1.807, 2.05) is 35.9 Å². The van der Waals surface area contributed by atoms with Gasteiger partial charge in [0, 0.05) is 12.4 Å². The van der Waals surface area contributed by atoms with Crippen molar-refractivity contribution >= 4 is 45.4 Å². The van der Waals surface area contributed by atoms with Crippen molar-refractivity contribution in [2.24, 2.45) is 7.05 Å². The summed E-state index contributed by atoms with van der Waals surface area (Å²) < 4.78 is 12.6. The Labute approximate surface area is 171 Å². The first kappa shape index (κ1) is 19.0. The topological polar surface area (TPSA) is 91.2 Å². The number of para-hydroxylation sites is 2. The molecule has 0 radical (unpaired) electrons. The van der Waals surface area contributed by atoms with Crippen LogP contribution in [0, 0.1) is 0 Å². The highest BCUT2D eigenvalue weighted by atomic mass is 32.2. The van der Waals surface area contributed by atoms with Crippen LogP contribution in [0.5, 0.6) is 11.5 Å². The second-order valence-corrected chi connectivity index (χ2v) is 7.16. The van der Waals surface area contributed by atoms with Crippen LogP contribution in [0.15, 0.2) is 47.6 Å². The van der Waals surface area contributed by atoms with Crippen LogP contribution in [0.3, 0.4) is 0 Å². The number of carbonyl (C=O) groups is 1. The van der Waals surface area contributed by atoms with Gasteiger partial charge in [0.2, 0.25) is 11.1 Å². The zero-order valence-electron chi connectivity index (χ0n) is 16.2. The molecule has 8 nitrogen and oxygen atoms in total. The number of amides is 1. The summed E-state index contributed by atoms with van der Waals surface area (Å²) in [5.74, 6) is 0.951. The SMILES string of the molecule is COc1cccc(OC)c1NC(=O)CSc1nnc2c3ccccc3n(C)c2n1. The van der Waals surface area contributed by atoms with E-state index in [9.17, 15) is 4.79 Å². The number of aromatic nitrogens is 4. The molecule has 0 unspecified atom stereocenters. The number of rotatable bonds is 6. The Kier molecular flexibility index (Phi) is 5.22. The second kappa shape index (κ2) is 7.96. The zero-order valence-corrected chi connectivity index (χ0v) is 17.0. The first-order valence-electron chi connectivity index (χ1n) is 8.84. The number of fused-ring (bicyclic) bond motifs is 3. The minimum Gasteiger partial charge on any atom is -0.494 e. The molecular formula is C20H19N5O3S. The number of hydrogen-bond acceptors (Lipinski definition) is 7. The van der Waals surface area contributed by atoms with Crippen LogP contribution in [0.4, 0.5) is 5.69 Å². The van der Waals surface area contributed by atoms with Crippen molar-refractivity contribution in [1.29, 1.82) is 0 Å². The van der Waals surface area contributed by atoms with Crippen molar-refractivity contribution in [3.8, 4) is 11.5 Å². The van der Waals surface area contributed by atoms with E-state index in [1.54, 1.807) is 18.2 Å². The summed E-state index contributed by atoms with van der Waals surface area (Å²) in [5, 5.41) is 12.8. The minimum absolute atomic E-state index is 0.123. The van der Waals surface area contributed by atoms with Gasteiger partial charge in [-0.05, 0) is 18.2 Å². The average molecular weight is 409 g/mol. The number of ether oxygens (including phenoxy) is 2. The molecule has 29 heavy (non-hydrogen) atoms. The summed E-state index contributed by atoms with van der Waals surface area (Å²) in [7, 11) is 5.02. The molecule has 9 heteroatoms. The monoisotopic (exact) mass is 409 g/mol. The number of methoxy groups -OCH3 is 2. The molecule has 1 N–H and O–H groups in total. The lowest BCUT2D eigenvalue weighted by Crippen LogP contribution is -2.15. The number of aryl methyl sites for hydroxylation is 1. The summed E-state index contributed by atoms with van der Waals surface area (Å²) in [6.07, 6.45) is 0. The standard InChI is InChI=1S/C20H19N5O3S/c1-25-13-8-5-4-7-12(13)17-19(25)22-20(24-23-17)29-11-16(26)21-18-14(27-2)9-6-10-15(18)28-3/h4-10H,11H2,1-3H3,(H,21,26). The Morgan fingerprint density at radius 3 is 2.52 bits per heavy atom. The maximum absolute atomic E-state index is 12.5. The van der Waals surface area contributed by atoms with Crippen LogP contribution >= 0.6 is 11.8 Å². The van der Waals surface area contributed by atoms with Crippen molar-refractivity contribution in [3.05, 3.63) is 42.5 Å². The molecule has 0 saturated heterocycles. The highest BCUT2D eigenvalue weighted by molar-refractivity contribution is 7.99. The summed E-state index contributed by atoms with van der Waals surface area (Å²) in [4.78, 5) is 17.1. The van der Waals surface area contributed by atoms with Gasteiger partial charge in [-0.2, -0.15) is 0 Å². The van der Waals surface area contributed by atoms with Gasteiger partial charge in [0.15, 0.2) is 5.65 Å². The van der Waals surface area contributed by atoms with Gasteiger partial charge < -0.3 is 19.4 Å². The summed E-state index contributed by atoms with van der Waals surface area (Å²) in [5.41, 5.74) is 3.00. The molecule has 2 aromatic carbocycles. The quantitative estimate of drug-likeness (QED) is 0.489. The average Bonchev–Trinajstić information content (AvgIpc) is 3.04. The van der Waals surface area contributed by atoms with Gasteiger partial charge in [0.25, 0.3) is 0 Å². The first-order chi connectivity index (χ1) is 14.1. The minimum atomic E-state index is -0.224. The smallest absolute Gasteiger partial charge is 0.235 e. The highest BCUT2D eigenvalue weighted by Crippen LogP contribution is 2.34. The molecule has 2 aromatic heterocycles. The van der Waals surface area contributed by atoms with Crippen molar-refractivity contribution in [2.45, 2.75) is 5.16 Å². The number of benzene rings is 2. The Morgan fingerprint density at radius 2 is 1.79 bits per heavy atom. The van der Waals surface area contributed by atoms with Gasteiger partial charge >= 0.3 is 0 Å². The number of hydrogen-bond donors (Lipinski definition) is 1. The third-order valence-corrected chi connectivity index (χ3v) is 5.35. The van der Waals surface area contributed by atoms with Gasteiger partial charge in [0.05, 0.1) is 25.5 Å². The molecule has 0 aliphatic heterocycles. The predicted octanol–water partition coefficient (Wildman–Crippen LogP) is 3.26. The molecule has 1 amide bonds. The van der Waals surface area contributed by atoms with E-state index in [-0.39, 0.29) is 11.7 Å². The summed E-state index contributed by atoms with van der Waals surface area (Å²) in [6, 6.07) is 13.2. The molecular weight excluding hydrogens is 390 g/mol. The summed E-state index contributed by atoms with van der Waals surface area (Å²) >= 11 is 1.22. The molecule has 0 aliphatic carbocycles. The molecule has 0 atom stereocenters. The molecule has 0 saturated carbocycles. The zero-order chi connectivity index (χ0) is 20.4. The largest absolute Gasteiger partial charge is 0.494 e. The van der Waals surface area contributed by atoms with Crippen LogP contribution in [0.1, 0.15) is 0 Å². The molecule has 4 aromatic rings. The lowest BCUT2D eigenvalue weighted by Gasteiger charge is -2.13. The molecule has 0 spiro atoms. The predicted molar refractivity (Wildman–Crippen MR) is 113 cm³/mol. The fourth-order valence-corrected chi connectivity index (χ4v) is 3.72. The molecule has 4 rings (SSSR count). The number of anilines is 1. The molecule has 2 heterocycles. The Morgan fingerprint density at radius 1 is 1.07 bits per heavy atom. The van der Waals surface area contributed by atoms with Crippen molar-refractivity contribution in [1.82, 2.24) is 19.7 Å².